The van der Waals surface area contributed by atoms with Crippen LogP contribution in [0.5, 0.6) is 0 Å². The van der Waals surface area contributed by atoms with E-state index in [0.717, 1.165) is 0 Å². The Morgan fingerprint density at radius 1 is 1.33 bits per heavy atom. The minimum atomic E-state index is -0.973. The molecular formula is C5H12N2O2. The van der Waals surface area contributed by atoms with E-state index in [-0.39, 0.29) is 0 Å². The maximum atomic E-state index is 9.31. The van der Waals surface area contributed by atoms with E-state index in [4.69, 9.17) is 5.11 Å². The molecule has 4 nitrogen and oxygen atoms in total. The van der Waals surface area contributed by atoms with E-state index in [2.05, 4.69) is 0 Å². The summed E-state index contributed by atoms with van der Waals surface area (Å²) in [6, 6.07) is 0. The Balaban J connectivity index is 2.62. The van der Waals surface area contributed by atoms with Crippen LogP contribution in [0.4, 0.5) is 0 Å². The zero-order valence-corrected chi connectivity index (χ0v) is 5.87. The van der Waals surface area contributed by atoms with Crippen molar-refractivity contribution in [2.75, 3.05) is 14.1 Å². The highest BCUT2D eigenvalue weighted by atomic mass is 16.4. The van der Waals surface area contributed by atoms with Crippen molar-refractivity contribution in [1.29, 1.82) is 0 Å². The predicted molar refractivity (Wildman–Crippen MR) is 32.2 cm³/mol. The van der Waals surface area contributed by atoms with Crippen LogP contribution in [0.3, 0.4) is 0 Å². The second kappa shape index (κ2) is 1.67. The van der Waals surface area contributed by atoms with Crippen molar-refractivity contribution in [2.24, 2.45) is 0 Å². The lowest BCUT2D eigenvalue weighted by atomic mass is 10.2. The van der Waals surface area contributed by atoms with Gasteiger partial charge in [0.1, 0.15) is 0 Å². The van der Waals surface area contributed by atoms with Crippen molar-refractivity contribution in [3.63, 3.8) is 0 Å². The Morgan fingerprint density at radius 3 is 1.78 bits per heavy atom. The molecule has 0 unspecified atom stereocenters. The maximum absolute atomic E-state index is 9.31. The first-order valence-corrected chi connectivity index (χ1v) is 2.84. The van der Waals surface area contributed by atoms with Crippen LogP contribution in [-0.4, -0.2) is 46.3 Å². The third kappa shape index (κ3) is 0.679. The van der Waals surface area contributed by atoms with Gasteiger partial charge in [0, 0.05) is 0 Å². The Morgan fingerprint density at radius 2 is 1.67 bits per heavy atom. The van der Waals surface area contributed by atoms with Crippen LogP contribution >= 0.6 is 0 Å². The summed E-state index contributed by atoms with van der Waals surface area (Å²) in [5, 5.41) is 18.3. The van der Waals surface area contributed by atoms with Gasteiger partial charge in [0.25, 0.3) is 0 Å². The van der Waals surface area contributed by atoms with Gasteiger partial charge in [-0.3, -0.25) is 0 Å². The number of nitrogens with zero attached hydrogens (tertiary/aromatic N) is 2. The summed E-state index contributed by atoms with van der Waals surface area (Å²) < 4.78 is 0. The first-order valence-electron chi connectivity index (χ1n) is 2.84. The standard InChI is InChI=1S/C5H12N2O2/c1-5(9)6(2)4(8)7(5)3/h4,8-9H,1-3H3. The van der Waals surface area contributed by atoms with Crippen molar-refractivity contribution < 1.29 is 10.2 Å². The van der Waals surface area contributed by atoms with Gasteiger partial charge in [0.2, 0.25) is 0 Å². The van der Waals surface area contributed by atoms with Crippen molar-refractivity contribution in [2.45, 2.75) is 19.1 Å². The largest absolute Gasteiger partial charge is 0.365 e. The molecule has 0 bridgehead atoms. The van der Waals surface area contributed by atoms with E-state index in [0.29, 0.717) is 0 Å². The highest BCUT2D eigenvalue weighted by Gasteiger charge is 2.49. The van der Waals surface area contributed by atoms with E-state index in [1.807, 2.05) is 0 Å². The summed E-state index contributed by atoms with van der Waals surface area (Å²) in [7, 11) is 3.31. The van der Waals surface area contributed by atoms with E-state index >= 15 is 0 Å². The molecule has 0 aliphatic carbocycles. The summed E-state index contributed by atoms with van der Waals surface area (Å²) in [6.45, 7) is 1.62. The van der Waals surface area contributed by atoms with Crippen LogP contribution in [0, 0.1) is 0 Å². The molecule has 0 aromatic carbocycles. The van der Waals surface area contributed by atoms with E-state index in [1.165, 1.54) is 9.80 Å². The van der Waals surface area contributed by atoms with Crippen LogP contribution in [0.15, 0.2) is 0 Å². The minimum Gasteiger partial charge on any atom is -0.365 e. The third-order valence-electron chi connectivity index (χ3n) is 2.03. The summed E-state index contributed by atoms with van der Waals surface area (Å²) in [6.07, 6.45) is -0.639. The van der Waals surface area contributed by atoms with Gasteiger partial charge in [-0.15, -0.1) is 0 Å². The van der Waals surface area contributed by atoms with Gasteiger partial charge in [-0.2, -0.15) is 0 Å². The van der Waals surface area contributed by atoms with Crippen LogP contribution in [0.2, 0.25) is 0 Å². The van der Waals surface area contributed by atoms with E-state index in [9.17, 15) is 5.11 Å². The van der Waals surface area contributed by atoms with Gasteiger partial charge in [0.05, 0.1) is 0 Å². The van der Waals surface area contributed by atoms with Gasteiger partial charge in [0.15, 0.2) is 12.2 Å². The monoisotopic (exact) mass is 132 g/mol. The molecule has 0 aromatic rings. The van der Waals surface area contributed by atoms with Crippen molar-refractivity contribution >= 4 is 0 Å². The number of hydrogen-bond donors (Lipinski definition) is 2. The number of aliphatic hydroxyl groups is 2. The zero-order valence-electron chi connectivity index (χ0n) is 5.87. The topological polar surface area (TPSA) is 46.9 Å². The molecule has 0 saturated carbocycles. The highest BCUT2D eigenvalue weighted by Crippen LogP contribution is 2.28. The summed E-state index contributed by atoms with van der Waals surface area (Å²) in [5.41, 5.74) is 0. The second-order valence-corrected chi connectivity index (χ2v) is 2.54. The van der Waals surface area contributed by atoms with Crippen LogP contribution < -0.4 is 0 Å². The van der Waals surface area contributed by atoms with Crippen LogP contribution in [-0.2, 0) is 0 Å². The second-order valence-electron chi connectivity index (χ2n) is 2.54. The molecule has 0 atom stereocenters. The Kier molecular flexibility index (Phi) is 1.29. The molecule has 1 aliphatic rings. The molecule has 0 amide bonds. The SMILES string of the molecule is CN1C(O)N(C)C1(C)O. The lowest BCUT2D eigenvalue weighted by Crippen LogP contribution is -2.75. The van der Waals surface area contributed by atoms with Crippen LogP contribution in [0.25, 0.3) is 0 Å². The lowest BCUT2D eigenvalue weighted by Gasteiger charge is -2.56. The van der Waals surface area contributed by atoms with Gasteiger partial charge in [-0.1, -0.05) is 0 Å². The molecule has 1 fully saturated rings. The summed E-state index contributed by atoms with van der Waals surface area (Å²) in [5.74, 6) is -0.973. The number of aliphatic hydroxyl groups excluding tert-OH is 1. The molecule has 1 aliphatic heterocycles. The molecule has 0 spiro atoms. The summed E-state index contributed by atoms with van der Waals surface area (Å²) >= 11 is 0. The Labute approximate surface area is 54.3 Å². The molecular weight excluding hydrogens is 120 g/mol. The average molecular weight is 132 g/mol. The number of hydrogen-bond acceptors (Lipinski definition) is 4. The zero-order chi connectivity index (χ0) is 7.23. The fraction of sp³-hybridized carbons (Fsp3) is 1.00. The molecule has 54 valence electrons. The fourth-order valence-corrected chi connectivity index (χ4v) is 0.890. The summed E-state index contributed by atoms with van der Waals surface area (Å²) in [4.78, 5) is 2.93. The third-order valence-corrected chi connectivity index (χ3v) is 2.03. The molecule has 1 saturated heterocycles. The van der Waals surface area contributed by atoms with Crippen molar-refractivity contribution in [3.8, 4) is 0 Å². The first kappa shape index (κ1) is 6.95. The first-order chi connectivity index (χ1) is 3.98. The Bertz CT molecular complexity index is 114. The molecule has 1 rings (SSSR count). The molecule has 1 heterocycles. The normalized spacial score (nSPS) is 47.0. The lowest BCUT2D eigenvalue weighted by molar-refractivity contribution is -0.383. The number of rotatable bonds is 0. The van der Waals surface area contributed by atoms with E-state index < -0.39 is 12.2 Å². The molecule has 2 N–H and O–H groups in total. The quantitative estimate of drug-likeness (QED) is 0.435. The van der Waals surface area contributed by atoms with Crippen molar-refractivity contribution in [1.82, 2.24) is 9.80 Å². The smallest absolute Gasteiger partial charge is 0.179 e. The van der Waals surface area contributed by atoms with Gasteiger partial charge >= 0.3 is 0 Å². The van der Waals surface area contributed by atoms with E-state index in [1.54, 1.807) is 21.0 Å². The maximum Gasteiger partial charge on any atom is 0.179 e. The average Bonchev–Trinajstić information content (AvgIpc) is 1.84. The van der Waals surface area contributed by atoms with Crippen LogP contribution in [0.1, 0.15) is 6.92 Å². The molecule has 0 aromatic heterocycles. The van der Waals surface area contributed by atoms with Crippen molar-refractivity contribution in [3.05, 3.63) is 0 Å². The minimum absolute atomic E-state index is 0.639. The predicted octanol–water partition coefficient (Wildman–Crippen LogP) is -1.19. The van der Waals surface area contributed by atoms with Gasteiger partial charge < -0.3 is 10.2 Å². The molecule has 0 radical (unpaired) electrons. The Hall–Kier alpha value is -0.160. The van der Waals surface area contributed by atoms with Gasteiger partial charge in [-0.25, -0.2) is 9.80 Å². The van der Waals surface area contributed by atoms with Gasteiger partial charge in [-0.05, 0) is 21.0 Å². The fourth-order valence-electron chi connectivity index (χ4n) is 0.890. The highest BCUT2D eigenvalue weighted by molar-refractivity contribution is 4.83. The molecule has 4 heteroatoms. The molecule has 9 heavy (non-hydrogen) atoms.